The summed E-state index contributed by atoms with van der Waals surface area (Å²) in [4.78, 5) is 26.2. The van der Waals surface area contributed by atoms with Crippen LogP contribution in [0, 0.1) is 0 Å². The molecule has 7 nitrogen and oxygen atoms in total. The van der Waals surface area contributed by atoms with Gasteiger partial charge in [-0.3, -0.25) is 10.2 Å². The number of amides is 2. The largest absolute Gasteiger partial charge is 0.446 e. The quantitative estimate of drug-likeness (QED) is 0.594. The first kappa shape index (κ1) is 22.2. The summed E-state index contributed by atoms with van der Waals surface area (Å²) in [5, 5.41) is 2.64. The number of rotatable bonds is 9. The monoisotopic (exact) mass is 400 g/mol. The van der Waals surface area contributed by atoms with E-state index in [0.717, 1.165) is 6.42 Å². The summed E-state index contributed by atoms with van der Waals surface area (Å²) in [6.07, 6.45) is -0.538. The molecule has 0 aliphatic carbocycles. The molecule has 0 spiro atoms. The van der Waals surface area contributed by atoms with Gasteiger partial charge in [0.05, 0.1) is 13.2 Å². The highest BCUT2D eigenvalue weighted by atomic mass is 16.6. The zero-order valence-corrected chi connectivity index (χ0v) is 17.1. The van der Waals surface area contributed by atoms with Crippen molar-refractivity contribution < 1.29 is 23.8 Å². The fourth-order valence-corrected chi connectivity index (χ4v) is 2.44. The van der Waals surface area contributed by atoms with Crippen molar-refractivity contribution in [3.63, 3.8) is 0 Å². The second kappa shape index (κ2) is 11.7. The normalized spacial score (nSPS) is 11.4. The van der Waals surface area contributed by atoms with Gasteiger partial charge in [0.1, 0.15) is 11.9 Å². The van der Waals surface area contributed by atoms with Gasteiger partial charge in [0, 0.05) is 24.0 Å². The molecule has 0 radical (unpaired) electrons. The summed E-state index contributed by atoms with van der Waals surface area (Å²) < 4.78 is 16.1. The summed E-state index contributed by atoms with van der Waals surface area (Å²) in [5.41, 5.74) is 1.19. The van der Waals surface area contributed by atoms with Crippen molar-refractivity contribution in [2.45, 2.75) is 33.3 Å². The van der Waals surface area contributed by atoms with Gasteiger partial charge in [-0.25, -0.2) is 9.59 Å². The molecule has 0 aromatic heterocycles. The number of anilines is 2. The second-order valence-corrected chi connectivity index (χ2v) is 6.33. The van der Waals surface area contributed by atoms with Crippen LogP contribution in [0.4, 0.5) is 21.0 Å². The van der Waals surface area contributed by atoms with Crippen LogP contribution in [0.25, 0.3) is 0 Å². The maximum Gasteiger partial charge on any atom is 0.419 e. The minimum Gasteiger partial charge on any atom is -0.446 e. The number of para-hydroxylation sites is 1. The lowest BCUT2D eigenvalue weighted by Crippen LogP contribution is -2.36. The molecule has 1 N–H and O–H groups in total. The van der Waals surface area contributed by atoms with Crippen LogP contribution in [0.3, 0.4) is 0 Å². The lowest BCUT2D eigenvalue weighted by atomic mass is 10.3. The highest BCUT2D eigenvalue weighted by Crippen LogP contribution is 2.21. The van der Waals surface area contributed by atoms with E-state index in [2.05, 4.69) is 5.32 Å². The lowest BCUT2D eigenvalue weighted by molar-refractivity contribution is 0.118. The van der Waals surface area contributed by atoms with Crippen molar-refractivity contribution in [1.82, 2.24) is 0 Å². The van der Waals surface area contributed by atoms with Gasteiger partial charge in [0.2, 0.25) is 0 Å². The van der Waals surface area contributed by atoms with Crippen LogP contribution < -0.4 is 15.0 Å². The van der Waals surface area contributed by atoms with E-state index < -0.39 is 12.2 Å². The van der Waals surface area contributed by atoms with E-state index in [-0.39, 0.29) is 6.10 Å². The maximum atomic E-state index is 12.8. The number of nitrogens with one attached hydrogen (secondary N) is 1. The van der Waals surface area contributed by atoms with Crippen molar-refractivity contribution in [1.29, 1.82) is 0 Å². The number of carbonyl (C=O) groups is 2. The second-order valence-electron chi connectivity index (χ2n) is 6.33. The number of hydrogen-bond acceptors (Lipinski definition) is 5. The number of benzene rings is 2. The Morgan fingerprint density at radius 2 is 1.83 bits per heavy atom. The highest BCUT2D eigenvalue weighted by molar-refractivity contribution is 5.89. The molecular weight excluding hydrogens is 372 g/mol. The van der Waals surface area contributed by atoms with Crippen LogP contribution in [0.15, 0.2) is 54.6 Å². The molecule has 29 heavy (non-hydrogen) atoms. The molecule has 1 atom stereocenters. The van der Waals surface area contributed by atoms with Crippen LogP contribution in [0.1, 0.15) is 27.2 Å². The molecule has 0 aliphatic rings. The molecule has 0 aliphatic heterocycles. The zero-order valence-electron chi connectivity index (χ0n) is 17.1. The molecule has 0 saturated heterocycles. The molecule has 2 rings (SSSR count). The van der Waals surface area contributed by atoms with Gasteiger partial charge in [-0.2, -0.15) is 0 Å². The molecule has 156 valence electrons. The number of carbonyl (C=O) groups excluding carboxylic acids is 2. The summed E-state index contributed by atoms with van der Waals surface area (Å²) >= 11 is 0. The Bertz CT molecular complexity index is 782. The summed E-state index contributed by atoms with van der Waals surface area (Å²) in [6, 6.07) is 15.8. The molecule has 2 amide bonds. The van der Waals surface area contributed by atoms with Crippen LogP contribution >= 0.6 is 0 Å². The Labute approximate surface area is 171 Å². The van der Waals surface area contributed by atoms with E-state index in [1.807, 2.05) is 51.1 Å². The van der Waals surface area contributed by atoms with Crippen LogP contribution in [0.5, 0.6) is 5.75 Å². The van der Waals surface area contributed by atoms with E-state index in [9.17, 15) is 9.59 Å². The fourth-order valence-electron chi connectivity index (χ4n) is 2.44. The Morgan fingerprint density at radius 1 is 1.07 bits per heavy atom. The molecule has 0 bridgehead atoms. The average molecular weight is 400 g/mol. The lowest BCUT2D eigenvalue weighted by Gasteiger charge is -2.22. The van der Waals surface area contributed by atoms with Gasteiger partial charge in [-0.05, 0) is 44.5 Å². The third-order valence-electron chi connectivity index (χ3n) is 4.12. The highest BCUT2D eigenvalue weighted by Gasteiger charge is 2.18. The van der Waals surface area contributed by atoms with Gasteiger partial charge < -0.3 is 14.2 Å². The summed E-state index contributed by atoms with van der Waals surface area (Å²) in [5.74, 6) is 0.314. The van der Waals surface area contributed by atoms with Gasteiger partial charge >= 0.3 is 12.2 Å². The predicted molar refractivity (Wildman–Crippen MR) is 113 cm³/mol. The molecule has 2 aromatic rings. The van der Waals surface area contributed by atoms with E-state index in [0.29, 0.717) is 36.9 Å². The molecule has 7 heteroatoms. The minimum absolute atomic E-state index is 0.180. The predicted octanol–water partition coefficient (Wildman–Crippen LogP) is 5.08. The third-order valence-corrected chi connectivity index (χ3v) is 4.12. The Hall–Kier alpha value is -3.06. The first-order chi connectivity index (χ1) is 14.0. The first-order valence-electron chi connectivity index (χ1n) is 9.73. The smallest absolute Gasteiger partial charge is 0.419 e. The van der Waals surface area contributed by atoms with Crippen molar-refractivity contribution >= 4 is 23.6 Å². The summed E-state index contributed by atoms with van der Waals surface area (Å²) in [6.45, 7) is 6.97. The van der Waals surface area contributed by atoms with Crippen LogP contribution in [-0.4, -0.2) is 38.0 Å². The Balaban J connectivity index is 2.06. The van der Waals surface area contributed by atoms with Gasteiger partial charge in [-0.15, -0.1) is 0 Å². The Morgan fingerprint density at radius 3 is 2.52 bits per heavy atom. The van der Waals surface area contributed by atoms with Gasteiger partial charge in [0.15, 0.2) is 0 Å². The number of ether oxygens (including phenoxy) is 3. The van der Waals surface area contributed by atoms with Crippen molar-refractivity contribution in [3.8, 4) is 5.75 Å². The van der Waals surface area contributed by atoms with Crippen molar-refractivity contribution in [3.05, 3.63) is 54.6 Å². The first-order valence-corrected chi connectivity index (χ1v) is 9.73. The molecule has 0 heterocycles. The number of hydrogen-bond donors (Lipinski definition) is 1. The summed E-state index contributed by atoms with van der Waals surface area (Å²) in [7, 11) is 0. The average Bonchev–Trinajstić information content (AvgIpc) is 2.71. The molecule has 2 aromatic carbocycles. The Kier molecular flexibility index (Phi) is 8.98. The number of nitrogens with zero attached hydrogens (tertiary/aromatic N) is 1. The van der Waals surface area contributed by atoms with Gasteiger partial charge in [0.25, 0.3) is 0 Å². The van der Waals surface area contributed by atoms with E-state index in [4.69, 9.17) is 14.2 Å². The van der Waals surface area contributed by atoms with Crippen molar-refractivity contribution in [2.24, 2.45) is 0 Å². The minimum atomic E-state index is -0.551. The van der Waals surface area contributed by atoms with Gasteiger partial charge in [-0.1, -0.05) is 31.2 Å². The maximum absolute atomic E-state index is 12.8. The molecule has 0 saturated carbocycles. The zero-order chi connectivity index (χ0) is 21.1. The van der Waals surface area contributed by atoms with E-state index >= 15 is 0 Å². The van der Waals surface area contributed by atoms with E-state index in [1.165, 1.54) is 4.90 Å². The SMILES string of the molecule is CCOCCN(C(=O)Oc1cccc(NC(=O)OC(C)CC)c1)c1ccccc1. The standard InChI is InChI=1S/C22H28N2O5/c1-4-17(3)28-21(25)23-18-10-9-13-20(16-18)29-22(26)24(14-15-27-5-2)19-11-7-6-8-12-19/h6-13,16-17H,4-5,14-15H2,1-3H3,(H,23,25). The molecule has 1 unspecified atom stereocenters. The topological polar surface area (TPSA) is 77.1 Å². The van der Waals surface area contributed by atoms with Crippen LogP contribution in [0.2, 0.25) is 0 Å². The van der Waals surface area contributed by atoms with Crippen molar-refractivity contribution in [2.75, 3.05) is 30.0 Å². The third kappa shape index (κ3) is 7.46. The van der Waals surface area contributed by atoms with E-state index in [1.54, 1.807) is 24.3 Å². The van der Waals surface area contributed by atoms with Crippen LogP contribution in [-0.2, 0) is 9.47 Å². The molecular formula is C22H28N2O5. The fraction of sp³-hybridized carbons (Fsp3) is 0.364. The molecule has 0 fully saturated rings.